The summed E-state index contributed by atoms with van der Waals surface area (Å²) in [6, 6.07) is 4.89. The Morgan fingerprint density at radius 3 is 2.89 bits per heavy atom. The molecule has 0 unspecified atom stereocenters. The third-order valence-corrected chi connectivity index (χ3v) is 3.03. The zero-order valence-corrected chi connectivity index (χ0v) is 9.72. The zero-order valence-electron chi connectivity index (χ0n) is 9.72. The maximum absolute atomic E-state index is 10.9. The molecule has 6 nitrogen and oxygen atoms in total. The number of hydrogen-bond donors (Lipinski definition) is 2. The Balaban J connectivity index is 1.97. The molecule has 0 atom stereocenters. The van der Waals surface area contributed by atoms with E-state index in [9.17, 15) is 4.79 Å². The van der Waals surface area contributed by atoms with Crippen LogP contribution in [0.25, 0.3) is 11.0 Å². The Morgan fingerprint density at radius 2 is 2.17 bits per heavy atom. The molecular weight excluding hydrogens is 234 g/mol. The van der Waals surface area contributed by atoms with Gasteiger partial charge in [0, 0.05) is 13.1 Å². The van der Waals surface area contributed by atoms with E-state index in [0.717, 1.165) is 30.1 Å². The molecule has 2 aromatic rings. The topological polar surface area (TPSA) is 78.4 Å². The molecule has 0 radical (unpaired) electrons. The van der Waals surface area contributed by atoms with Gasteiger partial charge in [0.2, 0.25) is 5.95 Å². The number of carboxylic acids is 1. The molecule has 6 heteroatoms. The number of nitrogens with zero attached hydrogens (tertiary/aromatic N) is 2. The number of aromatic amines is 1. The predicted octanol–water partition coefficient (Wildman–Crippen LogP) is 1.10. The molecule has 1 aliphatic heterocycles. The maximum Gasteiger partial charge on any atom is 0.335 e. The van der Waals surface area contributed by atoms with Crippen molar-refractivity contribution in [2.45, 2.75) is 0 Å². The Labute approximate surface area is 103 Å². The lowest BCUT2D eigenvalue weighted by molar-refractivity contribution is 0.0697. The van der Waals surface area contributed by atoms with Crippen molar-refractivity contribution in [1.29, 1.82) is 0 Å². The first kappa shape index (κ1) is 11.0. The monoisotopic (exact) mass is 247 g/mol. The number of fused-ring (bicyclic) bond motifs is 1. The minimum absolute atomic E-state index is 0.264. The van der Waals surface area contributed by atoms with E-state index in [0.29, 0.717) is 13.2 Å². The summed E-state index contributed by atoms with van der Waals surface area (Å²) in [5.74, 6) is -0.157. The molecule has 0 amide bonds. The van der Waals surface area contributed by atoms with E-state index in [1.165, 1.54) is 0 Å². The van der Waals surface area contributed by atoms with Crippen LogP contribution < -0.4 is 4.90 Å². The van der Waals surface area contributed by atoms with E-state index in [4.69, 9.17) is 9.84 Å². The van der Waals surface area contributed by atoms with Gasteiger partial charge < -0.3 is 19.7 Å². The minimum atomic E-state index is -0.931. The molecule has 2 N–H and O–H groups in total. The van der Waals surface area contributed by atoms with E-state index in [1.807, 2.05) is 0 Å². The van der Waals surface area contributed by atoms with Gasteiger partial charge in [-0.2, -0.15) is 0 Å². The maximum atomic E-state index is 10.9. The number of H-pyrrole nitrogens is 1. The van der Waals surface area contributed by atoms with E-state index in [-0.39, 0.29) is 5.56 Å². The number of morpholine rings is 1. The summed E-state index contributed by atoms with van der Waals surface area (Å²) in [6.45, 7) is 2.98. The average molecular weight is 247 g/mol. The number of carbonyl (C=O) groups is 1. The number of aromatic nitrogens is 2. The van der Waals surface area contributed by atoms with Crippen LogP contribution >= 0.6 is 0 Å². The number of anilines is 1. The molecule has 1 fully saturated rings. The second-order valence-electron chi connectivity index (χ2n) is 4.20. The number of hydrogen-bond acceptors (Lipinski definition) is 4. The van der Waals surface area contributed by atoms with Gasteiger partial charge in [-0.15, -0.1) is 0 Å². The van der Waals surface area contributed by atoms with Crippen LogP contribution in [0.3, 0.4) is 0 Å². The van der Waals surface area contributed by atoms with Gasteiger partial charge in [-0.25, -0.2) is 9.78 Å². The standard InChI is InChI=1S/C12H13N3O3/c16-11(17)8-1-2-9-10(7-8)14-12(13-9)15-3-5-18-6-4-15/h1-2,7H,3-6H2,(H,13,14)(H,16,17). The van der Waals surface area contributed by atoms with Gasteiger partial charge in [0.05, 0.1) is 29.8 Å². The first-order valence-corrected chi connectivity index (χ1v) is 5.80. The van der Waals surface area contributed by atoms with Crippen LogP contribution in [0, 0.1) is 0 Å². The van der Waals surface area contributed by atoms with Crippen molar-refractivity contribution < 1.29 is 14.6 Å². The van der Waals surface area contributed by atoms with Gasteiger partial charge in [-0.1, -0.05) is 0 Å². The van der Waals surface area contributed by atoms with Crippen molar-refractivity contribution in [3.63, 3.8) is 0 Å². The molecule has 94 valence electrons. The highest BCUT2D eigenvalue weighted by Gasteiger charge is 2.15. The third kappa shape index (κ3) is 1.91. The molecular formula is C12H13N3O3. The molecule has 1 aliphatic rings. The number of carboxylic acid groups (broad SMARTS) is 1. The minimum Gasteiger partial charge on any atom is -0.478 e. The molecule has 0 spiro atoms. The zero-order chi connectivity index (χ0) is 12.5. The van der Waals surface area contributed by atoms with Crippen LogP contribution in [-0.2, 0) is 4.74 Å². The van der Waals surface area contributed by atoms with Crippen LogP contribution in [0.1, 0.15) is 10.4 Å². The van der Waals surface area contributed by atoms with Gasteiger partial charge in [-0.3, -0.25) is 0 Å². The first-order chi connectivity index (χ1) is 8.74. The van der Waals surface area contributed by atoms with Crippen LogP contribution in [0.5, 0.6) is 0 Å². The smallest absolute Gasteiger partial charge is 0.335 e. The van der Waals surface area contributed by atoms with Gasteiger partial charge in [-0.05, 0) is 18.2 Å². The fourth-order valence-electron chi connectivity index (χ4n) is 2.05. The molecule has 2 heterocycles. The molecule has 18 heavy (non-hydrogen) atoms. The lowest BCUT2D eigenvalue weighted by Crippen LogP contribution is -2.36. The average Bonchev–Trinajstić information content (AvgIpc) is 2.82. The Bertz CT molecular complexity index is 587. The summed E-state index contributed by atoms with van der Waals surface area (Å²) in [5.41, 5.74) is 1.79. The van der Waals surface area contributed by atoms with Crippen molar-refractivity contribution >= 4 is 23.0 Å². The van der Waals surface area contributed by atoms with Crippen LogP contribution in [-0.4, -0.2) is 47.3 Å². The Kier molecular flexibility index (Phi) is 2.64. The number of rotatable bonds is 2. The van der Waals surface area contributed by atoms with E-state index in [1.54, 1.807) is 18.2 Å². The summed E-state index contributed by atoms with van der Waals surface area (Å²) in [6.07, 6.45) is 0. The van der Waals surface area contributed by atoms with Gasteiger partial charge >= 0.3 is 5.97 Å². The molecule has 3 rings (SSSR count). The van der Waals surface area contributed by atoms with Crippen LogP contribution in [0.4, 0.5) is 5.95 Å². The van der Waals surface area contributed by atoms with E-state index in [2.05, 4.69) is 14.9 Å². The van der Waals surface area contributed by atoms with Gasteiger partial charge in [0.25, 0.3) is 0 Å². The number of imidazole rings is 1. The van der Waals surface area contributed by atoms with Crippen LogP contribution in [0.15, 0.2) is 18.2 Å². The number of aromatic carboxylic acids is 1. The van der Waals surface area contributed by atoms with Crippen molar-refractivity contribution in [3.05, 3.63) is 23.8 Å². The third-order valence-electron chi connectivity index (χ3n) is 3.03. The van der Waals surface area contributed by atoms with E-state index < -0.39 is 5.97 Å². The normalized spacial score (nSPS) is 16.1. The molecule has 1 aromatic carbocycles. The number of benzene rings is 1. The van der Waals surface area contributed by atoms with Crippen LogP contribution in [0.2, 0.25) is 0 Å². The van der Waals surface area contributed by atoms with Crippen molar-refractivity contribution in [1.82, 2.24) is 9.97 Å². The quantitative estimate of drug-likeness (QED) is 0.830. The second-order valence-corrected chi connectivity index (χ2v) is 4.20. The second kappa shape index (κ2) is 4.30. The van der Waals surface area contributed by atoms with Crippen molar-refractivity contribution in [2.24, 2.45) is 0 Å². The molecule has 0 saturated carbocycles. The van der Waals surface area contributed by atoms with E-state index >= 15 is 0 Å². The first-order valence-electron chi connectivity index (χ1n) is 5.80. The van der Waals surface area contributed by atoms with Crippen molar-refractivity contribution in [2.75, 3.05) is 31.2 Å². The molecule has 1 saturated heterocycles. The Hall–Kier alpha value is -2.08. The summed E-state index contributed by atoms with van der Waals surface area (Å²) in [5, 5.41) is 8.94. The fourth-order valence-corrected chi connectivity index (χ4v) is 2.05. The summed E-state index contributed by atoms with van der Waals surface area (Å²) in [7, 11) is 0. The van der Waals surface area contributed by atoms with Gasteiger partial charge in [0.1, 0.15) is 0 Å². The van der Waals surface area contributed by atoms with Crippen molar-refractivity contribution in [3.8, 4) is 0 Å². The van der Waals surface area contributed by atoms with Gasteiger partial charge in [0.15, 0.2) is 0 Å². The Morgan fingerprint density at radius 1 is 1.39 bits per heavy atom. The largest absolute Gasteiger partial charge is 0.478 e. The SMILES string of the molecule is O=C(O)c1ccc2nc(N3CCOCC3)[nH]c2c1. The highest BCUT2D eigenvalue weighted by Crippen LogP contribution is 2.19. The number of ether oxygens (including phenoxy) is 1. The lowest BCUT2D eigenvalue weighted by Gasteiger charge is -2.26. The molecule has 0 bridgehead atoms. The lowest BCUT2D eigenvalue weighted by atomic mass is 10.2. The molecule has 0 aliphatic carbocycles. The number of nitrogens with one attached hydrogen (secondary N) is 1. The summed E-state index contributed by atoms with van der Waals surface area (Å²) < 4.78 is 5.28. The highest BCUT2D eigenvalue weighted by atomic mass is 16.5. The fraction of sp³-hybridized carbons (Fsp3) is 0.333. The highest BCUT2D eigenvalue weighted by molar-refractivity contribution is 5.92. The predicted molar refractivity (Wildman–Crippen MR) is 66.1 cm³/mol. The summed E-state index contributed by atoms with van der Waals surface area (Å²) in [4.78, 5) is 20.6. The molecule has 1 aromatic heterocycles. The summed E-state index contributed by atoms with van der Waals surface area (Å²) >= 11 is 0.